The molecule has 3 rings (SSSR count). The molecule has 1 amide bonds. The number of alkyl halides is 1. The van der Waals surface area contributed by atoms with Gasteiger partial charge >= 0.3 is 0 Å². The molecule has 1 unspecified atom stereocenters. The summed E-state index contributed by atoms with van der Waals surface area (Å²) in [6.07, 6.45) is 5.64. The number of fused-ring (bicyclic) bond motifs is 1. The Morgan fingerprint density at radius 2 is 1.95 bits per heavy atom. The summed E-state index contributed by atoms with van der Waals surface area (Å²) in [4.78, 5) is 18.4. The number of amides is 1. The van der Waals surface area contributed by atoms with Gasteiger partial charge in [0.15, 0.2) is 0 Å². The van der Waals surface area contributed by atoms with Crippen molar-refractivity contribution in [1.29, 1.82) is 0 Å². The minimum absolute atomic E-state index is 0.00248. The molecule has 1 aliphatic heterocycles. The topological polar surface area (TPSA) is 33.2 Å². The van der Waals surface area contributed by atoms with Gasteiger partial charge in [0.1, 0.15) is 5.38 Å². The Hall–Kier alpha value is -1.61. The van der Waals surface area contributed by atoms with E-state index in [2.05, 4.69) is 4.98 Å². The van der Waals surface area contributed by atoms with E-state index in [1.54, 1.807) is 12.4 Å². The van der Waals surface area contributed by atoms with Crippen LogP contribution < -0.4 is 0 Å². The molecule has 4 heteroatoms. The number of rotatable bonds is 2. The molecule has 0 N–H and O–H groups in total. The Morgan fingerprint density at radius 3 is 2.74 bits per heavy atom. The second kappa shape index (κ2) is 5.17. The average Bonchev–Trinajstić information content (AvgIpc) is 2.99. The minimum Gasteiger partial charge on any atom is -0.341 e. The van der Waals surface area contributed by atoms with Crippen LogP contribution in [0.15, 0.2) is 36.7 Å². The molecule has 1 aromatic carbocycles. The standard InChI is InChI=1S/C15H15ClN2O/c16-14(15(19)18-7-3-4-8-18)13-10-17-9-11-5-1-2-6-12(11)13/h1-2,5-6,9-10,14H,3-4,7-8H2. The maximum Gasteiger partial charge on any atom is 0.245 e. The maximum absolute atomic E-state index is 12.4. The molecule has 0 aliphatic carbocycles. The van der Waals surface area contributed by atoms with Crippen LogP contribution in [-0.2, 0) is 4.79 Å². The number of hydrogen-bond acceptors (Lipinski definition) is 2. The summed E-state index contributed by atoms with van der Waals surface area (Å²) in [5, 5.41) is 1.38. The van der Waals surface area contributed by atoms with Gasteiger partial charge in [-0.1, -0.05) is 24.3 Å². The fourth-order valence-electron chi connectivity index (χ4n) is 2.57. The van der Waals surface area contributed by atoms with Gasteiger partial charge in [-0.15, -0.1) is 11.6 Å². The van der Waals surface area contributed by atoms with E-state index in [1.807, 2.05) is 29.2 Å². The zero-order valence-electron chi connectivity index (χ0n) is 10.6. The van der Waals surface area contributed by atoms with Crippen molar-refractivity contribution in [2.75, 3.05) is 13.1 Å². The Kier molecular flexibility index (Phi) is 3.38. The average molecular weight is 275 g/mol. The lowest BCUT2D eigenvalue weighted by molar-refractivity contribution is -0.129. The molecule has 0 bridgehead atoms. The van der Waals surface area contributed by atoms with Crippen LogP contribution in [0.4, 0.5) is 0 Å². The van der Waals surface area contributed by atoms with E-state index in [-0.39, 0.29) is 5.91 Å². The molecule has 1 fully saturated rings. The van der Waals surface area contributed by atoms with Gasteiger partial charge in [-0.3, -0.25) is 9.78 Å². The fraction of sp³-hybridized carbons (Fsp3) is 0.333. The third-order valence-corrected chi connectivity index (χ3v) is 4.03. The van der Waals surface area contributed by atoms with Crippen molar-refractivity contribution in [2.24, 2.45) is 0 Å². The quantitative estimate of drug-likeness (QED) is 0.788. The third-order valence-electron chi connectivity index (χ3n) is 3.61. The molecule has 1 atom stereocenters. The molecule has 1 saturated heterocycles. The van der Waals surface area contributed by atoms with E-state index < -0.39 is 5.38 Å². The van der Waals surface area contributed by atoms with Gasteiger partial charge < -0.3 is 4.90 Å². The largest absolute Gasteiger partial charge is 0.341 e. The van der Waals surface area contributed by atoms with E-state index in [4.69, 9.17) is 11.6 Å². The van der Waals surface area contributed by atoms with E-state index in [0.717, 1.165) is 42.3 Å². The smallest absolute Gasteiger partial charge is 0.245 e. The summed E-state index contributed by atoms with van der Waals surface area (Å²) in [7, 11) is 0. The van der Waals surface area contributed by atoms with Crippen molar-refractivity contribution in [3.8, 4) is 0 Å². The summed E-state index contributed by atoms with van der Waals surface area (Å²) < 4.78 is 0. The molecule has 1 aromatic heterocycles. The summed E-state index contributed by atoms with van der Waals surface area (Å²) in [6.45, 7) is 1.64. The normalized spacial score (nSPS) is 16.8. The number of likely N-dealkylation sites (tertiary alicyclic amines) is 1. The fourth-order valence-corrected chi connectivity index (χ4v) is 2.88. The maximum atomic E-state index is 12.4. The molecule has 19 heavy (non-hydrogen) atoms. The van der Waals surface area contributed by atoms with E-state index in [9.17, 15) is 4.79 Å². The second-order valence-electron chi connectivity index (χ2n) is 4.84. The van der Waals surface area contributed by atoms with Crippen molar-refractivity contribution in [3.05, 3.63) is 42.2 Å². The lowest BCUT2D eigenvalue weighted by Crippen LogP contribution is -2.30. The molecule has 0 saturated carbocycles. The van der Waals surface area contributed by atoms with Crippen LogP contribution in [-0.4, -0.2) is 28.9 Å². The zero-order valence-corrected chi connectivity index (χ0v) is 11.3. The summed E-state index contributed by atoms with van der Waals surface area (Å²) in [5.74, 6) is -0.00248. The van der Waals surface area contributed by atoms with Crippen molar-refractivity contribution < 1.29 is 4.79 Å². The highest BCUT2D eigenvalue weighted by molar-refractivity contribution is 6.31. The van der Waals surface area contributed by atoms with Crippen molar-refractivity contribution in [2.45, 2.75) is 18.2 Å². The molecule has 2 heterocycles. The van der Waals surface area contributed by atoms with Gasteiger partial charge in [0.05, 0.1) is 0 Å². The van der Waals surface area contributed by atoms with Crippen LogP contribution in [0.25, 0.3) is 10.8 Å². The molecular weight excluding hydrogens is 260 g/mol. The van der Waals surface area contributed by atoms with Crippen LogP contribution >= 0.6 is 11.6 Å². The predicted molar refractivity (Wildman–Crippen MR) is 76.2 cm³/mol. The Labute approximate surface area is 117 Å². The number of benzene rings is 1. The highest BCUT2D eigenvalue weighted by Crippen LogP contribution is 2.30. The molecule has 1 aliphatic rings. The van der Waals surface area contributed by atoms with Crippen LogP contribution in [0.2, 0.25) is 0 Å². The molecule has 0 radical (unpaired) electrons. The Balaban J connectivity index is 1.97. The highest BCUT2D eigenvalue weighted by atomic mass is 35.5. The van der Waals surface area contributed by atoms with Crippen LogP contribution in [0.5, 0.6) is 0 Å². The highest BCUT2D eigenvalue weighted by Gasteiger charge is 2.27. The number of carbonyl (C=O) groups excluding carboxylic acids is 1. The van der Waals surface area contributed by atoms with Gasteiger partial charge in [-0.2, -0.15) is 0 Å². The van der Waals surface area contributed by atoms with Crippen LogP contribution in [0.1, 0.15) is 23.8 Å². The Bertz CT molecular complexity index is 603. The molecule has 98 valence electrons. The first-order valence-corrected chi connectivity index (χ1v) is 6.96. The van der Waals surface area contributed by atoms with Gasteiger partial charge in [0, 0.05) is 36.4 Å². The lowest BCUT2D eigenvalue weighted by atomic mass is 10.0. The van der Waals surface area contributed by atoms with Gasteiger partial charge in [-0.05, 0) is 18.2 Å². The van der Waals surface area contributed by atoms with Gasteiger partial charge in [0.2, 0.25) is 5.91 Å². The van der Waals surface area contributed by atoms with Crippen LogP contribution in [0, 0.1) is 0 Å². The number of hydrogen-bond donors (Lipinski definition) is 0. The molecule has 2 aromatic rings. The number of halogens is 1. The molecule has 0 spiro atoms. The lowest BCUT2D eigenvalue weighted by Gasteiger charge is -2.19. The monoisotopic (exact) mass is 274 g/mol. The summed E-state index contributed by atoms with van der Waals surface area (Å²) in [5.41, 5.74) is 0.802. The van der Waals surface area contributed by atoms with E-state index in [1.165, 1.54) is 0 Å². The third kappa shape index (κ3) is 2.30. The first kappa shape index (κ1) is 12.4. The van der Waals surface area contributed by atoms with Crippen molar-refractivity contribution in [3.63, 3.8) is 0 Å². The van der Waals surface area contributed by atoms with E-state index >= 15 is 0 Å². The van der Waals surface area contributed by atoms with Gasteiger partial charge in [0.25, 0.3) is 0 Å². The number of nitrogens with zero attached hydrogens (tertiary/aromatic N) is 2. The number of carbonyl (C=O) groups is 1. The predicted octanol–water partition coefficient (Wildman–Crippen LogP) is 3.14. The first-order valence-electron chi connectivity index (χ1n) is 6.53. The summed E-state index contributed by atoms with van der Waals surface area (Å²) in [6, 6.07) is 7.88. The van der Waals surface area contributed by atoms with E-state index in [0.29, 0.717) is 0 Å². The number of aromatic nitrogens is 1. The van der Waals surface area contributed by atoms with Gasteiger partial charge in [-0.25, -0.2) is 0 Å². The van der Waals surface area contributed by atoms with Crippen LogP contribution in [0.3, 0.4) is 0 Å². The first-order chi connectivity index (χ1) is 9.27. The van der Waals surface area contributed by atoms with Crippen molar-refractivity contribution >= 4 is 28.3 Å². The number of pyridine rings is 1. The Morgan fingerprint density at radius 1 is 1.21 bits per heavy atom. The van der Waals surface area contributed by atoms with Crippen molar-refractivity contribution in [1.82, 2.24) is 9.88 Å². The minimum atomic E-state index is -0.642. The SMILES string of the molecule is O=C(C(Cl)c1cncc2ccccc12)N1CCCC1. The molecule has 3 nitrogen and oxygen atoms in total. The molecular formula is C15H15ClN2O. The summed E-state index contributed by atoms with van der Waals surface area (Å²) >= 11 is 6.38. The second-order valence-corrected chi connectivity index (χ2v) is 5.28. The zero-order chi connectivity index (χ0) is 13.2.